The molecule has 0 aliphatic heterocycles. The Kier molecular flexibility index (Phi) is 4.95. The van der Waals surface area contributed by atoms with Gasteiger partial charge in [-0.2, -0.15) is 0 Å². The minimum atomic E-state index is -0.893. The summed E-state index contributed by atoms with van der Waals surface area (Å²) < 4.78 is 5.60. The summed E-state index contributed by atoms with van der Waals surface area (Å²) in [4.78, 5) is 21.5. The molecule has 21 heavy (non-hydrogen) atoms. The maximum atomic E-state index is 10.8. The minimum Gasteiger partial charge on any atom is -0.487 e. The molecule has 0 fully saturated rings. The Hall–Kier alpha value is -2.33. The highest BCUT2D eigenvalue weighted by Crippen LogP contribution is 2.26. The van der Waals surface area contributed by atoms with Gasteiger partial charge in [0.05, 0.1) is 11.4 Å². The van der Waals surface area contributed by atoms with Crippen molar-refractivity contribution in [3.63, 3.8) is 0 Å². The molecular formula is C16H13ClO4. The van der Waals surface area contributed by atoms with E-state index in [0.29, 0.717) is 28.2 Å². The van der Waals surface area contributed by atoms with Crippen molar-refractivity contribution in [1.29, 1.82) is 0 Å². The quantitative estimate of drug-likeness (QED) is 0.831. The second-order valence-corrected chi connectivity index (χ2v) is 4.84. The first-order valence-corrected chi connectivity index (χ1v) is 6.64. The average molecular weight is 305 g/mol. The van der Waals surface area contributed by atoms with E-state index in [1.807, 2.05) is 12.1 Å². The summed E-state index contributed by atoms with van der Waals surface area (Å²) in [7, 11) is 0. The molecule has 1 N–H and O–H groups in total. The molecule has 4 nitrogen and oxygen atoms in total. The van der Waals surface area contributed by atoms with Gasteiger partial charge in [-0.15, -0.1) is 0 Å². The molecule has 0 aliphatic rings. The van der Waals surface area contributed by atoms with Gasteiger partial charge in [0.25, 0.3) is 0 Å². The van der Waals surface area contributed by atoms with Crippen molar-refractivity contribution in [2.45, 2.75) is 13.0 Å². The van der Waals surface area contributed by atoms with E-state index in [1.54, 1.807) is 24.3 Å². The van der Waals surface area contributed by atoms with Crippen LogP contribution in [-0.2, 0) is 17.8 Å². The third-order valence-electron chi connectivity index (χ3n) is 2.94. The van der Waals surface area contributed by atoms with Crippen LogP contribution in [0.3, 0.4) is 0 Å². The fourth-order valence-corrected chi connectivity index (χ4v) is 2.14. The number of hydrogen-bond donors (Lipinski definition) is 1. The lowest BCUT2D eigenvalue weighted by atomic mass is 10.1. The van der Waals surface area contributed by atoms with Gasteiger partial charge in [0, 0.05) is 5.56 Å². The number of ether oxygens (including phenoxy) is 1. The number of carbonyl (C=O) groups is 2. The molecule has 0 aliphatic carbocycles. The van der Waals surface area contributed by atoms with Gasteiger partial charge < -0.3 is 9.84 Å². The molecule has 2 rings (SSSR count). The number of carbonyl (C=O) groups excluding carboxylic acids is 1. The van der Waals surface area contributed by atoms with Crippen LogP contribution in [0.1, 0.15) is 21.5 Å². The van der Waals surface area contributed by atoms with E-state index in [9.17, 15) is 9.59 Å². The molecule has 0 radical (unpaired) electrons. The molecule has 0 heterocycles. The molecule has 0 amide bonds. The molecule has 2 aromatic carbocycles. The van der Waals surface area contributed by atoms with E-state index in [2.05, 4.69) is 0 Å². The minimum absolute atomic E-state index is 0.0582. The average Bonchev–Trinajstić information content (AvgIpc) is 2.46. The number of hydrogen-bond acceptors (Lipinski definition) is 3. The Labute approximate surface area is 126 Å². The number of halogens is 1. The number of carboxylic acid groups (broad SMARTS) is 1. The second kappa shape index (κ2) is 6.90. The molecule has 0 saturated heterocycles. The zero-order valence-electron chi connectivity index (χ0n) is 11.1. The number of benzene rings is 2. The first kappa shape index (κ1) is 15.1. The van der Waals surface area contributed by atoms with Crippen LogP contribution in [-0.4, -0.2) is 17.4 Å². The molecular weight excluding hydrogens is 292 g/mol. The topological polar surface area (TPSA) is 63.6 Å². The lowest BCUT2D eigenvalue weighted by molar-refractivity contribution is -0.136. The molecule has 0 unspecified atom stereocenters. The lowest BCUT2D eigenvalue weighted by Crippen LogP contribution is -2.06. The first-order valence-electron chi connectivity index (χ1n) is 6.26. The van der Waals surface area contributed by atoms with Gasteiger partial charge in [-0.05, 0) is 29.3 Å². The van der Waals surface area contributed by atoms with Crippen molar-refractivity contribution in [2.24, 2.45) is 0 Å². The standard InChI is InChI=1S/C16H13ClO4/c17-14-7-11(9-18)5-6-15(14)21-10-13-4-2-1-3-12(13)8-16(19)20/h1-7,9H,8,10H2,(H,19,20). The zero-order valence-corrected chi connectivity index (χ0v) is 11.8. The van der Waals surface area contributed by atoms with Crippen LogP contribution in [0.25, 0.3) is 0 Å². The normalized spacial score (nSPS) is 10.1. The van der Waals surface area contributed by atoms with Gasteiger partial charge in [0.1, 0.15) is 18.6 Å². The van der Waals surface area contributed by atoms with Gasteiger partial charge in [-0.25, -0.2) is 0 Å². The monoisotopic (exact) mass is 304 g/mol. The van der Waals surface area contributed by atoms with E-state index in [1.165, 1.54) is 6.07 Å². The predicted molar refractivity (Wildman–Crippen MR) is 79.0 cm³/mol. The highest BCUT2D eigenvalue weighted by atomic mass is 35.5. The summed E-state index contributed by atoms with van der Waals surface area (Å²) in [6.45, 7) is 0.212. The van der Waals surface area contributed by atoms with Crippen LogP contribution >= 0.6 is 11.6 Å². The summed E-state index contributed by atoms with van der Waals surface area (Å²) in [5, 5.41) is 9.23. The Morgan fingerprint density at radius 1 is 1.19 bits per heavy atom. The zero-order chi connectivity index (χ0) is 15.2. The molecule has 2 aromatic rings. The van der Waals surface area contributed by atoms with Crippen molar-refractivity contribution in [3.05, 3.63) is 64.2 Å². The van der Waals surface area contributed by atoms with Crippen LogP contribution in [0.15, 0.2) is 42.5 Å². The highest BCUT2D eigenvalue weighted by Gasteiger charge is 2.08. The Morgan fingerprint density at radius 2 is 1.90 bits per heavy atom. The summed E-state index contributed by atoms with van der Waals surface area (Å²) in [5.74, 6) is -0.441. The Balaban J connectivity index is 2.13. The van der Waals surface area contributed by atoms with Crippen LogP contribution in [0.2, 0.25) is 5.02 Å². The van der Waals surface area contributed by atoms with Crippen molar-refractivity contribution in [2.75, 3.05) is 0 Å². The van der Waals surface area contributed by atoms with Gasteiger partial charge in [0.15, 0.2) is 0 Å². The number of aliphatic carboxylic acids is 1. The van der Waals surface area contributed by atoms with E-state index >= 15 is 0 Å². The van der Waals surface area contributed by atoms with E-state index in [-0.39, 0.29) is 13.0 Å². The molecule has 108 valence electrons. The third kappa shape index (κ3) is 4.07. The fourth-order valence-electron chi connectivity index (χ4n) is 1.90. The summed E-state index contributed by atoms with van der Waals surface area (Å²) >= 11 is 6.02. The largest absolute Gasteiger partial charge is 0.487 e. The third-order valence-corrected chi connectivity index (χ3v) is 3.23. The van der Waals surface area contributed by atoms with Crippen molar-refractivity contribution in [3.8, 4) is 5.75 Å². The van der Waals surface area contributed by atoms with Crippen LogP contribution in [0.4, 0.5) is 0 Å². The summed E-state index contributed by atoms with van der Waals surface area (Å²) in [5.41, 5.74) is 1.96. The van der Waals surface area contributed by atoms with Gasteiger partial charge in [-0.3, -0.25) is 9.59 Å². The van der Waals surface area contributed by atoms with Crippen molar-refractivity contribution >= 4 is 23.9 Å². The van der Waals surface area contributed by atoms with Crippen LogP contribution in [0.5, 0.6) is 5.75 Å². The van der Waals surface area contributed by atoms with Crippen molar-refractivity contribution < 1.29 is 19.4 Å². The molecule has 0 bridgehead atoms. The SMILES string of the molecule is O=Cc1ccc(OCc2ccccc2CC(=O)O)c(Cl)c1. The lowest BCUT2D eigenvalue weighted by Gasteiger charge is -2.11. The van der Waals surface area contributed by atoms with Gasteiger partial charge in [-0.1, -0.05) is 35.9 Å². The number of rotatable bonds is 6. The molecule has 0 saturated carbocycles. The number of carboxylic acids is 1. The highest BCUT2D eigenvalue weighted by molar-refractivity contribution is 6.32. The predicted octanol–water partition coefficient (Wildman–Crippen LogP) is 3.36. The van der Waals surface area contributed by atoms with E-state index < -0.39 is 5.97 Å². The van der Waals surface area contributed by atoms with E-state index in [0.717, 1.165) is 5.56 Å². The summed E-state index contributed by atoms with van der Waals surface area (Å²) in [6, 6.07) is 11.9. The second-order valence-electron chi connectivity index (χ2n) is 4.44. The Morgan fingerprint density at radius 3 is 2.52 bits per heavy atom. The van der Waals surface area contributed by atoms with Crippen LogP contribution < -0.4 is 4.74 Å². The molecule has 0 atom stereocenters. The smallest absolute Gasteiger partial charge is 0.307 e. The van der Waals surface area contributed by atoms with Gasteiger partial charge in [0.2, 0.25) is 0 Å². The van der Waals surface area contributed by atoms with Crippen molar-refractivity contribution in [1.82, 2.24) is 0 Å². The van der Waals surface area contributed by atoms with Crippen LogP contribution in [0, 0.1) is 0 Å². The Bertz CT molecular complexity index is 667. The maximum Gasteiger partial charge on any atom is 0.307 e. The first-order chi connectivity index (χ1) is 10.1. The summed E-state index contributed by atoms with van der Waals surface area (Å²) in [6.07, 6.45) is 0.648. The maximum absolute atomic E-state index is 10.8. The molecule has 0 aromatic heterocycles. The van der Waals surface area contributed by atoms with E-state index in [4.69, 9.17) is 21.4 Å². The fraction of sp³-hybridized carbons (Fsp3) is 0.125. The van der Waals surface area contributed by atoms with Gasteiger partial charge >= 0.3 is 5.97 Å². The molecule has 5 heteroatoms. The number of aldehydes is 1. The molecule has 0 spiro atoms.